The number of hydrogen-bond donors (Lipinski definition) is 2. The third-order valence-electron chi connectivity index (χ3n) is 5.99. The first kappa shape index (κ1) is 26.2. The van der Waals surface area contributed by atoms with Crippen molar-refractivity contribution in [3.8, 4) is 0 Å². The van der Waals surface area contributed by atoms with Gasteiger partial charge in [0.05, 0.1) is 13.2 Å². The molecule has 4 rings (SSSR count). The Labute approximate surface area is 220 Å². The van der Waals surface area contributed by atoms with Gasteiger partial charge in [0.2, 0.25) is 5.91 Å². The lowest BCUT2D eigenvalue weighted by molar-refractivity contribution is -0.126. The van der Waals surface area contributed by atoms with Gasteiger partial charge in [-0.2, -0.15) is 0 Å². The van der Waals surface area contributed by atoms with Crippen molar-refractivity contribution in [2.24, 2.45) is 0 Å². The lowest BCUT2D eigenvalue weighted by Crippen LogP contribution is -2.47. The van der Waals surface area contributed by atoms with Gasteiger partial charge in [0, 0.05) is 29.9 Å². The van der Waals surface area contributed by atoms with Crippen LogP contribution in [-0.2, 0) is 20.8 Å². The number of carbonyl (C=O) groups is 3. The van der Waals surface area contributed by atoms with E-state index in [0.717, 1.165) is 11.1 Å². The second-order valence-corrected chi connectivity index (χ2v) is 9.17. The molecule has 2 atom stereocenters. The van der Waals surface area contributed by atoms with Crippen LogP contribution < -0.4 is 10.6 Å². The zero-order valence-electron chi connectivity index (χ0n) is 20.6. The van der Waals surface area contributed by atoms with Crippen molar-refractivity contribution in [1.82, 2.24) is 10.2 Å². The molecule has 1 aliphatic rings. The van der Waals surface area contributed by atoms with Crippen LogP contribution in [0.4, 0.5) is 10.5 Å². The van der Waals surface area contributed by atoms with E-state index in [1.54, 1.807) is 55.6 Å². The number of methoxy groups -OCH3 is 1. The molecule has 0 aliphatic carbocycles. The molecule has 0 saturated carbocycles. The Bertz CT molecular complexity index is 1280. The number of nitrogens with zero attached hydrogens (tertiary/aromatic N) is 1. The molecule has 1 fully saturated rings. The molecule has 0 radical (unpaired) electrons. The lowest BCUT2D eigenvalue weighted by atomic mass is 10.00. The summed E-state index contributed by atoms with van der Waals surface area (Å²) in [5.74, 6) is -0.689. The minimum absolute atomic E-state index is 0.211. The fraction of sp³-hybridized carbons (Fsp3) is 0.250. The van der Waals surface area contributed by atoms with E-state index >= 15 is 0 Å². The van der Waals surface area contributed by atoms with Crippen molar-refractivity contribution in [2.45, 2.75) is 25.6 Å². The molecule has 0 unspecified atom stereocenters. The number of halogens is 1. The monoisotopic (exact) mass is 521 g/mol. The van der Waals surface area contributed by atoms with Gasteiger partial charge in [-0.05, 0) is 48.4 Å². The number of amides is 3. The van der Waals surface area contributed by atoms with Crippen molar-refractivity contribution in [3.05, 3.63) is 100 Å². The first-order valence-corrected chi connectivity index (χ1v) is 12.2. The van der Waals surface area contributed by atoms with Crippen LogP contribution >= 0.6 is 11.6 Å². The van der Waals surface area contributed by atoms with Crippen molar-refractivity contribution in [1.29, 1.82) is 0 Å². The fourth-order valence-corrected chi connectivity index (χ4v) is 4.30. The van der Waals surface area contributed by atoms with Gasteiger partial charge >= 0.3 is 6.09 Å². The van der Waals surface area contributed by atoms with E-state index in [2.05, 4.69) is 10.6 Å². The van der Waals surface area contributed by atoms with Crippen LogP contribution in [0.15, 0.2) is 72.8 Å². The van der Waals surface area contributed by atoms with Gasteiger partial charge in [-0.3, -0.25) is 14.5 Å². The third kappa shape index (κ3) is 6.47. The van der Waals surface area contributed by atoms with Crippen molar-refractivity contribution >= 4 is 35.2 Å². The Morgan fingerprint density at radius 2 is 1.81 bits per heavy atom. The predicted molar refractivity (Wildman–Crippen MR) is 140 cm³/mol. The quantitative estimate of drug-likeness (QED) is 0.397. The van der Waals surface area contributed by atoms with E-state index in [1.165, 1.54) is 4.90 Å². The Balaban J connectivity index is 1.59. The number of cyclic esters (lactones) is 1. The molecule has 2 N–H and O–H groups in total. The SMILES string of the molecule is COCCNC(=O)[C@H]1[C@H](c2cccc(NC(=O)c3cccc(Cl)c3)c2)OC(=O)N1Cc1ccc(C)cc1. The molecule has 0 spiro atoms. The third-order valence-corrected chi connectivity index (χ3v) is 6.23. The van der Waals surface area contributed by atoms with Crippen molar-refractivity contribution in [3.63, 3.8) is 0 Å². The summed E-state index contributed by atoms with van der Waals surface area (Å²) in [6.07, 6.45) is -1.46. The zero-order valence-corrected chi connectivity index (χ0v) is 21.3. The Kier molecular flexibility index (Phi) is 8.43. The predicted octanol–water partition coefficient (Wildman–Crippen LogP) is 4.73. The first-order chi connectivity index (χ1) is 17.9. The number of carbonyl (C=O) groups excluding carboxylic acids is 3. The van der Waals surface area contributed by atoms with E-state index in [9.17, 15) is 14.4 Å². The second-order valence-electron chi connectivity index (χ2n) is 8.74. The summed E-state index contributed by atoms with van der Waals surface area (Å²) in [5.41, 5.74) is 3.45. The van der Waals surface area contributed by atoms with Crippen LogP contribution in [0.5, 0.6) is 0 Å². The highest BCUT2D eigenvalue weighted by atomic mass is 35.5. The van der Waals surface area contributed by atoms with E-state index in [1.807, 2.05) is 31.2 Å². The molecule has 1 aliphatic heterocycles. The normalized spacial score (nSPS) is 16.8. The molecule has 3 aromatic rings. The van der Waals surface area contributed by atoms with Crippen LogP contribution in [0.3, 0.4) is 0 Å². The van der Waals surface area contributed by atoms with Gasteiger partial charge in [0.1, 0.15) is 0 Å². The Morgan fingerprint density at radius 3 is 2.54 bits per heavy atom. The number of benzene rings is 3. The average Bonchev–Trinajstić information content (AvgIpc) is 3.21. The van der Waals surface area contributed by atoms with Gasteiger partial charge in [-0.25, -0.2) is 4.79 Å². The number of aryl methyl sites for hydroxylation is 1. The number of hydrogen-bond acceptors (Lipinski definition) is 5. The van der Waals surface area contributed by atoms with Crippen molar-refractivity contribution < 1.29 is 23.9 Å². The molecule has 192 valence electrons. The highest BCUT2D eigenvalue weighted by Crippen LogP contribution is 2.35. The van der Waals surface area contributed by atoms with Crippen molar-refractivity contribution in [2.75, 3.05) is 25.6 Å². The van der Waals surface area contributed by atoms with Crippen LogP contribution in [0.25, 0.3) is 0 Å². The van der Waals surface area contributed by atoms with E-state index < -0.39 is 18.2 Å². The molecular formula is C28H28ClN3O5. The summed E-state index contributed by atoms with van der Waals surface area (Å²) in [5, 5.41) is 6.11. The van der Waals surface area contributed by atoms with Crippen LogP contribution in [0.2, 0.25) is 5.02 Å². The maximum absolute atomic E-state index is 13.3. The summed E-state index contributed by atoms with van der Waals surface area (Å²) < 4.78 is 10.8. The standard InChI is InChI=1S/C28H28ClN3O5/c1-18-9-11-19(12-10-18)17-32-24(27(34)30-13-14-36-2)25(37-28(32)35)20-5-4-8-23(16-20)31-26(33)21-6-3-7-22(29)15-21/h3-12,15-16,24-25H,13-14,17H2,1-2H3,(H,30,34)(H,31,33)/t24-,25+/m1/s1. The molecule has 9 heteroatoms. The highest BCUT2D eigenvalue weighted by molar-refractivity contribution is 6.31. The maximum atomic E-state index is 13.3. The van der Waals surface area contributed by atoms with Crippen LogP contribution in [0.1, 0.15) is 33.2 Å². The van der Waals surface area contributed by atoms with Crippen LogP contribution in [-0.4, -0.2) is 49.1 Å². The van der Waals surface area contributed by atoms with E-state index in [-0.39, 0.29) is 18.4 Å². The molecule has 0 bridgehead atoms. The van der Waals surface area contributed by atoms with Gasteiger partial charge < -0.3 is 20.1 Å². The minimum Gasteiger partial charge on any atom is -0.438 e. The average molecular weight is 522 g/mol. The number of ether oxygens (including phenoxy) is 2. The van der Waals surface area contributed by atoms with Crippen LogP contribution in [0, 0.1) is 6.92 Å². The largest absolute Gasteiger partial charge is 0.438 e. The lowest BCUT2D eigenvalue weighted by Gasteiger charge is -2.24. The Hall–Kier alpha value is -3.88. The highest BCUT2D eigenvalue weighted by Gasteiger charge is 2.47. The molecule has 37 heavy (non-hydrogen) atoms. The van der Waals surface area contributed by atoms with Gasteiger partial charge in [0.15, 0.2) is 12.1 Å². The summed E-state index contributed by atoms with van der Waals surface area (Å²) in [6.45, 7) is 2.82. The van der Waals surface area contributed by atoms with Gasteiger partial charge in [-0.1, -0.05) is 59.6 Å². The molecule has 0 aromatic heterocycles. The number of rotatable bonds is 9. The molecular weight excluding hydrogens is 494 g/mol. The Morgan fingerprint density at radius 1 is 1.05 bits per heavy atom. The number of nitrogens with one attached hydrogen (secondary N) is 2. The smallest absolute Gasteiger partial charge is 0.411 e. The first-order valence-electron chi connectivity index (χ1n) is 11.8. The maximum Gasteiger partial charge on any atom is 0.411 e. The summed E-state index contributed by atoms with van der Waals surface area (Å²) in [4.78, 5) is 40.4. The molecule has 8 nitrogen and oxygen atoms in total. The second kappa shape index (κ2) is 11.9. The zero-order chi connectivity index (χ0) is 26.4. The molecule has 3 amide bonds. The summed E-state index contributed by atoms with van der Waals surface area (Å²) in [6, 6.07) is 20.4. The van der Waals surface area contributed by atoms with Gasteiger partial charge in [-0.15, -0.1) is 0 Å². The van der Waals surface area contributed by atoms with E-state index in [0.29, 0.717) is 35.0 Å². The summed E-state index contributed by atoms with van der Waals surface area (Å²) >= 11 is 6.01. The fourth-order valence-electron chi connectivity index (χ4n) is 4.11. The molecule has 3 aromatic carbocycles. The number of anilines is 1. The van der Waals surface area contributed by atoms with Gasteiger partial charge in [0.25, 0.3) is 5.91 Å². The molecule has 1 saturated heterocycles. The topological polar surface area (TPSA) is 97.0 Å². The van der Waals surface area contributed by atoms with E-state index in [4.69, 9.17) is 21.1 Å². The minimum atomic E-state index is -0.912. The summed E-state index contributed by atoms with van der Waals surface area (Å²) in [7, 11) is 1.55. The molecule has 1 heterocycles.